The van der Waals surface area contributed by atoms with E-state index in [2.05, 4.69) is 26.0 Å². The molecule has 1 unspecified atom stereocenters. The van der Waals surface area contributed by atoms with Crippen LogP contribution in [0.2, 0.25) is 0 Å². The molecule has 0 radical (unpaired) electrons. The number of carbonyl (C=O) groups is 1. The SMILES string of the molecule is C/C=C/CCCC(O)C[N+](CCCCC)(CCCCC)CCCCC(=O)[O-]. The van der Waals surface area contributed by atoms with Crippen LogP contribution >= 0.6 is 0 Å². The van der Waals surface area contributed by atoms with E-state index in [0.717, 1.165) is 56.3 Å². The van der Waals surface area contributed by atoms with Crippen LogP contribution in [0, 0.1) is 0 Å². The third-order valence-corrected chi connectivity index (χ3v) is 5.48. The van der Waals surface area contributed by atoms with Gasteiger partial charge < -0.3 is 19.5 Å². The van der Waals surface area contributed by atoms with Crippen LogP contribution in [0.5, 0.6) is 0 Å². The number of hydrogen-bond acceptors (Lipinski definition) is 3. The third-order valence-electron chi connectivity index (χ3n) is 5.48. The Bertz CT molecular complexity index is 372. The van der Waals surface area contributed by atoms with Crippen molar-refractivity contribution in [3.8, 4) is 0 Å². The Morgan fingerprint density at radius 2 is 1.52 bits per heavy atom. The average molecular weight is 384 g/mol. The summed E-state index contributed by atoms with van der Waals surface area (Å²) in [5.41, 5.74) is 0. The summed E-state index contributed by atoms with van der Waals surface area (Å²) in [5.74, 6) is -0.950. The summed E-state index contributed by atoms with van der Waals surface area (Å²) in [6.07, 6.45) is 15.8. The van der Waals surface area contributed by atoms with E-state index in [4.69, 9.17) is 0 Å². The molecule has 1 N–H and O–H groups in total. The van der Waals surface area contributed by atoms with E-state index in [-0.39, 0.29) is 12.5 Å². The molecule has 0 aromatic carbocycles. The molecule has 0 aliphatic rings. The van der Waals surface area contributed by atoms with Crippen molar-refractivity contribution in [3.63, 3.8) is 0 Å². The predicted octanol–water partition coefficient (Wildman–Crippen LogP) is 4.21. The monoisotopic (exact) mass is 383 g/mol. The van der Waals surface area contributed by atoms with E-state index in [9.17, 15) is 15.0 Å². The van der Waals surface area contributed by atoms with Gasteiger partial charge in [-0.15, -0.1) is 0 Å². The summed E-state index contributed by atoms with van der Waals surface area (Å²) < 4.78 is 0.956. The Kier molecular flexibility index (Phi) is 16.7. The summed E-state index contributed by atoms with van der Waals surface area (Å²) in [6.45, 7) is 10.5. The number of quaternary nitrogens is 1. The molecule has 0 bridgehead atoms. The molecule has 0 heterocycles. The average Bonchev–Trinajstić information content (AvgIpc) is 2.63. The molecule has 0 fully saturated rings. The number of carbonyl (C=O) groups excluding carboxylic acids is 1. The molecule has 0 aromatic rings. The minimum Gasteiger partial charge on any atom is -0.550 e. The zero-order chi connectivity index (χ0) is 20.4. The Labute approximate surface area is 168 Å². The van der Waals surface area contributed by atoms with Crippen molar-refractivity contribution in [1.29, 1.82) is 0 Å². The van der Waals surface area contributed by atoms with Gasteiger partial charge in [0.2, 0.25) is 0 Å². The van der Waals surface area contributed by atoms with Crippen molar-refractivity contribution in [1.82, 2.24) is 0 Å². The zero-order valence-electron chi connectivity index (χ0n) is 18.3. The molecule has 1 atom stereocenters. The van der Waals surface area contributed by atoms with Crippen LogP contribution in [-0.2, 0) is 4.79 Å². The van der Waals surface area contributed by atoms with E-state index in [1.807, 2.05) is 6.92 Å². The summed E-state index contributed by atoms with van der Waals surface area (Å²) in [5, 5.41) is 21.4. The van der Waals surface area contributed by atoms with Crippen molar-refractivity contribution in [2.75, 3.05) is 26.2 Å². The van der Waals surface area contributed by atoms with Crippen LogP contribution in [0.3, 0.4) is 0 Å². The fourth-order valence-corrected chi connectivity index (χ4v) is 3.90. The maximum Gasteiger partial charge on any atom is 0.105 e. The summed E-state index contributed by atoms with van der Waals surface area (Å²) >= 11 is 0. The second-order valence-corrected chi connectivity index (χ2v) is 8.09. The fraction of sp³-hybridized carbons (Fsp3) is 0.870. The van der Waals surface area contributed by atoms with Crippen LogP contribution in [0.25, 0.3) is 0 Å². The largest absolute Gasteiger partial charge is 0.550 e. The van der Waals surface area contributed by atoms with Gasteiger partial charge in [-0.1, -0.05) is 38.8 Å². The van der Waals surface area contributed by atoms with Gasteiger partial charge in [-0.05, 0) is 71.1 Å². The van der Waals surface area contributed by atoms with Gasteiger partial charge >= 0.3 is 0 Å². The lowest BCUT2D eigenvalue weighted by atomic mass is 10.1. The molecule has 4 nitrogen and oxygen atoms in total. The number of allylic oxidation sites excluding steroid dienone is 2. The minimum atomic E-state index is -0.950. The minimum absolute atomic E-state index is 0.149. The van der Waals surface area contributed by atoms with Gasteiger partial charge in [0.25, 0.3) is 0 Å². The van der Waals surface area contributed by atoms with E-state index < -0.39 is 5.97 Å². The van der Waals surface area contributed by atoms with Crippen molar-refractivity contribution in [3.05, 3.63) is 12.2 Å². The highest BCUT2D eigenvalue weighted by atomic mass is 16.4. The third kappa shape index (κ3) is 14.8. The van der Waals surface area contributed by atoms with Crippen LogP contribution in [0.15, 0.2) is 12.2 Å². The highest BCUT2D eigenvalue weighted by Crippen LogP contribution is 2.19. The molecule has 4 heteroatoms. The molecule has 27 heavy (non-hydrogen) atoms. The number of aliphatic hydroxyl groups excluding tert-OH is 1. The second-order valence-electron chi connectivity index (χ2n) is 8.09. The van der Waals surface area contributed by atoms with Gasteiger partial charge in [-0.2, -0.15) is 0 Å². The van der Waals surface area contributed by atoms with Gasteiger partial charge in [0, 0.05) is 5.97 Å². The van der Waals surface area contributed by atoms with Crippen LogP contribution in [0.1, 0.15) is 97.8 Å². The lowest BCUT2D eigenvalue weighted by molar-refractivity contribution is -0.931. The van der Waals surface area contributed by atoms with Crippen LogP contribution in [-0.4, -0.2) is 47.8 Å². The number of aliphatic hydroxyl groups is 1. The second kappa shape index (κ2) is 17.2. The van der Waals surface area contributed by atoms with Gasteiger partial charge in [0.1, 0.15) is 12.6 Å². The lowest BCUT2D eigenvalue weighted by Gasteiger charge is -2.41. The predicted molar refractivity (Wildman–Crippen MR) is 112 cm³/mol. The van der Waals surface area contributed by atoms with Crippen molar-refractivity contribution < 1.29 is 19.5 Å². The van der Waals surface area contributed by atoms with Crippen molar-refractivity contribution in [2.24, 2.45) is 0 Å². The molecule has 0 spiro atoms. The molecule has 0 saturated carbocycles. The standard InChI is InChI=1S/C23H45NO3/c1-4-7-10-11-16-22(25)21-24(18-13-8-5-2,19-14-9-6-3)20-15-12-17-23(26)27/h4,7,22,25H,5-6,8-21H2,1-3H3/b7-4+. The topological polar surface area (TPSA) is 60.4 Å². The Hall–Kier alpha value is -0.870. The fourth-order valence-electron chi connectivity index (χ4n) is 3.90. The maximum absolute atomic E-state index is 10.7. The van der Waals surface area contributed by atoms with Gasteiger partial charge in [-0.3, -0.25) is 0 Å². The first kappa shape index (κ1) is 26.1. The quantitative estimate of drug-likeness (QED) is 0.206. The Morgan fingerprint density at radius 1 is 0.963 bits per heavy atom. The van der Waals surface area contributed by atoms with Crippen molar-refractivity contribution in [2.45, 2.75) is 104 Å². The number of carboxylic acid groups (broad SMARTS) is 1. The van der Waals surface area contributed by atoms with E-state index in [0.29, 0.717) is 6.42 Å². The molecular formula is C23H45NO3. The number of aliphatic carboxylic acids is 1. The van der Waals surface area contributed by atoms with Crippen molar-refractivity contribution >= 4 is 5.97 Å². The first-order valence-electron chi connectivity index (χ1n) is 11.3. The van der Waals surface area contributed by atoms with Crippen LogP contribution in [0.4, 0.5) is 0 Å². The summed E-state index contributed by atoms with van der Waals surface area (Å²) in [7, 11) is 0. The first-order chi connectivity index (χ1) is 13.0. The van der Waals surface area contributed by atoms with E-state index >= 15 is 0 Å². The number of rotatable bonds is 19. The smallest absolute Gasteiger partial charge is 0.105 e. The Balaban J connectivity index is 4.88. The van der Waals surface area contributed by atoms with Gasteiger partial charge in [-0.25, -0.2) is 0 Å². The molecule has 0 rings (SSSR count). The summed E-state index contributed by atoms with van der Waals surface area (Å²) in [6, 6.07) is 0. The zero-order valence-corrected chi connectivity index (χ0v) is 18.3. The first-order valence-corrected chi connectivity index (χ1v) is 11.3. The lowest BCUT2D eigenvalue weighted by Crippen LogP contribution is -2.54. The van der Waals surface area contributed by atoms with E-state index in [1.165, 1.54) is 38.5 Å². The van der Waals surface area contributed by atoms with Gasteiger partial charge in [0.15, 0.2) is 0 Å². The normalized spacial score (nSPS) is 13.3. The molecule has 0 aliphatic heterocycles. The molecule has 160 valence electrons. The molecule has 0 amide bonds. The number of unbranched alkanes of at least 4 members (excludes halogenated alkanes) is 6. The maximum atomic E-state index is 10.7. The van der Waals surface area contributed by atoms with Gasteiger partial charge in [0.05, 0.1) is 19.6 Å². The molecular weight excluding hydrogens is 338 g/mol. The summed E-state index contributed by atoms with van der Waals surface area (Å²) in [4.78, 5) is 10.7. The molecule has 0 aliphatic carbocycles. The molecule has 0 saturated heterocycles. The van der Waals surface area contributed by atoms with E-state index in [1.54, 1.807) is 0 Å². The van der Waals surface area contributed by atoms with Crippen LogP contribution < -0.4 is 5.11 Å². The number of carboxylic acids is 1. The highest BCUT2D eigenvalue weighted by molar-refractivity contribution is 5.64. The molecule has 0 aromatic heterocycles. The number of hydrogen-bond donors (Lipinski definition) is 1. The number of nitrogens with zero attached hydrogens (tertiary/aromatic N) is 1. The Morgan fingerprint density at radius 3 is 2.00 bits per heavy atom. The highest BCUT2D eigenvalue weighted by Gasteiger charge is 2.29.